The van der Waals surface area contributed by atoms with Gasteiger partial charge < -0.3 is 20.3 Å². The second kappa shape index (κ2) is 7.08. The van der Waals surface area contributed by atoms with Crippen LogP contribution in [0.5, 0.6) is 5.88 Å². The van der Waals surface area contributed by atoms with Gasteiger partial charge in [-0.15, -0.1) is 0 Å². The molecule has 8 nitrogen and oxygen atoms in total. The number of halogens is 2. The lowest BCUT2D eigenvalue weighted by molar-refractivity contribution is -0.159. The van der Waals surface area contributed by atoms with Crippen molar-refractivity contribution in [3.8, 4) is 5.88 Å². The molecule has 0 fully saturated rings. The molecule has 28 heavy (non-hydrogen) atoms. The van der Waals surface area contributed by atoms with Crippen LogP contribution in [-0.4, -0.2) is 39.6 Å². The van der Waals surface area contributed by atoms with Gasteiger partial charge in [-0.3, -0.25) is 14.4 Å². The summed E-state index contributed by atoms with van der Waals surface area (Å²) in [5.41, 5.74) is -2.52. The van der Waals surface area contributed by atoms with Crippen LogP contribution in [0.3, 0.4) is 0 Å². The number of amides is 1. The van der Waals surface area contributed by atoms with E-state index >= 15 is 0 Å². The SMILES string of the molecule is CCOc1ncccc1C1(C(C(=O)O)C(=O)O)C(=O)Nc2cc(F)c(Cl)cc21. The van der Waals surface area contributed by atoms with Crippen molar-refractivity contribution in [1.82, 2.24) is 4.98 Å². The summed E-state index contributed by atoms with van der Waals surface area (Å²) in [6.07, 6.45) is 1.35. The number of benzene rings is 1. The number of aromatic nitrogens is 1. The maximum absolute atomic E-state index is 13.9. The van der Waals surface area contributed by atoms with Crippen molar-refractivity contribution >= 4 is 35.1 Å². The fourth-order valence-corrected chi connectivity index (χ4v) is 3.61. The fourth-order valence-electron chi connectivity index (χ4n) is 3.45. The van der Waals surface area contributed by atoms with Gasteiger partial charge in [0.1, 0.15) is 11.2 Å². The van der Waals surface area contributed by atoms with Gasteiger partial charge in [-0.1, -0.05) is 17.7 Å². The monoisotopic (exact) mass is 408 g/mol. The molecule has 3 N–H and O–H groups in total. The number of nitrogens with zero attached hydrogens (tertiary/aromatic N) is 1. The lowest BCUT2D eigenvalue weighted by Crippen LogP contribution is -2.50. The third-order valence-electron chi connectivity index (χ3n) is 4.50. The lowest BCUT2D eigenvalue weighted by atomic mass is 9.66. The zero-order valence-corrected chi connectivity index (χ0v) is 15.2. The van der Waals surface area contributed by atoms with Crippen LogP contribution in [0.25, 0.3) is 0 Å². The highest BCUT2D eigenvalue weighted by atomic mass is 35.5. The van der Waals surface area contributed by atoms with Crippen molar-refractivity contribution < 1.29 is 33.7 Å². The molecule has 1 aromatic carbocycles. The Kier molecular flexibility index (Phi) is 4.95. The maximum atomic E-state index is 13.9. The molecule has 10 heteroatoms. The number of fused-ring (bicyclic) bond motifs is 1. The van der Waals surface area contributed by atoms with Crippen LogP contribution in [0.4, 0.5) is 10.1 Å². The van der Waals surface area contributed by atoms with E-state index in [-0.39, 0.29) is 29.3 Å². The Labute approximate surface area is 162 Å². The zero-order valence-electron chi connectivity index (χ0n) is 14.4. The van der Waals surface area contributed by atoms with E-state index in [0.29, 0.717) is 0 Å². The van der Waals surface area contributed by atoms with E-state index in [1.807, 2.05) is 0 Å². The standard InChI is InChI=1S/C18H14ClFN2O6/c1-2-28-14-8(4-3-5-21-14)18(13(15(23)24)16(25)26)9-6-10(19)11(20)7-12(9)22-17(18)27/h3-7,13H,2H2,1H3,(H,22,27)(H,23,24)(H,25,26). The van der Waals surface area contributed by atoms with Crippen LogP contribution in [0.15, 0.2) is 30.5 Å². The van der Waals surface area contributed by atoms with Crippen LogP contribution < -0.4 is 10.1 Å². The van der Waals surface area contributed by atoms with E-state index in [2.05, 4.69) is 10.3 Å². The Balaban J connectivity index is 2.46. The molecule has 0 saturated heterocycles. The summed E-state index contributed by atoms with van der Waals surface area (Å²) in [5.74, 6) is -7.70. The minimum absolute atomic E-state index is 0.0781. The van der Waals surface area contributed by atoms with Crippen LogP contribution in [0.2, 0.25) is 5.02 Å². The summed E-state index contributed by atoms with van der Waals surface area (Å²) < 4.78 is 19.3. The highest BCUT2D eigenvalue weighted by Crippen LogP contribution is 2.51. The van der Waals surface area contributed by atoms with Crippen molar-refractivity contribution in [2.24, 2.45) is 5.92 Å². The number of anilines is 1. The molecular weight excluding hydrogens is 395 g/mol. The molecule has 2 aromatic rings. The Hall–Kier alpha value is -3.20. The molecule has 3 rings (SSSR count). The predicted molar refractivity (Wildman–Crippen MR) is 95.0 cm³/mol. The highest BCUT2D eigenvalue weighted by molar-refractivity contribution is 6.31. The predicted octanol–water partition coefficient (Wildman–Crippen LogP) is 2.30. The van der Waals surface area contributed by atoms with Gasteiger partial charge in [0.05, 0.1) is 11.6 Å². The zero-order chi connectivity index (χ0) is 20.6. The topological polar surface area (TPSA) is 126 Å². The number of aliphatic carboxylic acids is 2. The third kappa shape index (κ3) is 2.75. The summed E-state index contributed by atoms with van der Waals surface area (Å²) in [6.45, 7) is 1.77. The molecule has 1 amide bonds. The first-order valence-electron chi connectivity index (χ1n) is 8.10. The molecule has 0 bridgehead atoms. The van der Waals surface area contributed by atoms with E-state index < -0.39 is 40.0 Å². The number of hydrogen-bond acceptors (Lipinski definition) is 5. The Morgan fingerprint density at radius 3 is 2.61 bits per heavy atom. The molecule has 0 saturated carbocycles. The molecule has 2 heterocycles. The lowest BCUT2D eigenvalue weighted by Gasteiger charge is -2.32. The number of nitrogens with one attached hydrogen (secondary N) is 1. The number of carbonyl (C=O) groups excluding carboxylic acids is 1. The third-order valence-corrected chi connectivity index (χ3v) is 4.79. The summed E-state index contributed by atoms with van der Waals surface area (Å²) >= 11 is 5.86. The van der Waals surface area contributed by atoms with Crippen LogP contribution in [0, 0.1) is 11.7 Å². The van der Waals surface area contributed by atoms with Crippen LogP contribution in [-0.2, 0) is 19.8 Å². The Morgan fingerprint density at radius 1 is 1.32 bits per heavy atom. The van der Waals surface area contributed by atoms with Gasteiger partial charge in [-0.2, -0.15) is 0 Å². The number of rotatable bonds is 6. The summed E-state index contributed by atoms with van der Waals surface area (Å²) in [6, 6.07) is 4.72. The molecular formula is C18H14ClFN2O6. The number of carboxylic acids is 2. The average Bonchev–Trinajstić information content (AvgIpc) is 2.88. The first-order valence-corrected chi connectivity index (χ1v) is 8.47. The second-order valence-corrected chi connectivity index (χ2v) is 6.38. The summed E-state index contributed by atoms with van der Waals surface area (Å²) in [7, 11) is 0. The van der Waals surface area contributed by atoms with Crippen molar-refractivity contribution in [2.75, 3.05) is 11.9 Å². The van der Waals surface area contributed by atoms with Gasteiger partial charge in [0.15, 0.2) is 5.92 Å². The molecule has 1 aromatic heterocycles. The van der Waals surface area contributed by atoms with E-state index in [9.17, 15) is 29.0 Å². The van der Waals surface area contributed by atoms with Crippen molar-refractivity contribution in [1.29, 1.82) is 0 Å². The average molecular weight is 409 g/mol. The Bertz CT molecular complexity index is 984. The molecule has 1 aliphatic heterocycles. The largest absolute Gasteiger partial charge is 0.481 e. The smallest absolute Gasteiger partial charge is 0.319 e. The van der Waals surface area contributed by atoms with Crippen LogP contribution >= 0.6 is 11.6 Å². The van der Waals surface area contributed by atoms with Crippen molar-refractivity contribution in [3.63, 3.8) is 0 Å². The molecule has 146 valence electrons. The number of carboxylic acid groups (broad SMARTS) is 2. The van der Waals surface area contributed by atoms with Gasteiger partial charge in [-0.25, -0.2) is 9.37 Å². The second-order valence-electron chi connectivity index (χ2n) is 5.97. The fraction of sp³-hybridized carbons (Fsp3) is 0.222. The summed E-state index contributed by atoms with van der Waals surface area (Å²) in [4.78, 5) is 41.0. The maximum Gasteiger partial charge on any atom is 0.319 e. The molecule has 0 radical (unpaired) electrons. The molecule has 1 atom stereocenters. The normalized spacial score (nSPS) is 17.9. The first kappa shape index (κ1) is 19.6. The molecule has 1 unspecified atom stereocenters. The first-order chi connectivity index (χ1) is 13.2. The Morgan fingerprint density at radius 2 is 2.00 bits per heavy atom. The number of pyridine rings is 1. The van der Waals surface area contributed by atoms with Crippen molar-refractivity contribution in [2.45, 2.75) is 12.3 Å². The van der Waals surface area contributed by atoms with Crippen LogP contribution in [0.1, 0.15) is 18.1 Å². The minimum Gasteiger partial charge on any atom is -0.481 e. The van der Waals surface area contributed by atoms with Crippen molar-refractivity contribution in [3.05, 3.63) is 52.4 Å². The van der Waals surface area contributed by atoms with E-state index in [4.69, 9.17) is 16.3 Å². The van der Waals surface area contributed by atoms with Gasteiger partial charge >= 0.3 is 11.9 Å². The minimum atomic E-state index is -2.27. The van der Waals surface area contributed by atoms with Gasteiger partial charge in [0, 0.05) is 17.4 Å². The van der Waals surface area contributed by atoms with E-state index in [1.165, 1.54) is 18.3 Å². The quantitative estimate of drug-likeness (QED) is 0.626. The van der Waals surface area contributed by atoms with E-state index in [0.717, 1.165) is 12.1 Å². The van der Waals surface area contributed by atoms with E-state index in [1.54, 1.807) is 6.92 Å². The molecule has 0 aliphatic carbocycles. The van der Waals surface area contributed by atoms with Gasteiger partial charge in [-0.05, 0) is 30.7 Å². The van der Waals surface area contributed by atoms with Gasteiger partial charge in [0.25, 0.3) is 0 Å². The van der Waals surface area contributed by atoms with Gasteiger partial charge in [0.2, 0.25) is 11.8 Å². The molecule has 1 aliphatic rings. The highest BCUT2D eigenvalue weighted by Gasteiger charge is 2.61. The number of ether oxygens (including phenoxy) is 1. The number of carbonyl (C=O) groups is 3. The molecule has 0 spiro atoms. The summed E-state index contributed by atoms with van der Waals surface area (Å²) in [5, 5.41) is 21.4. The number of hydrogen-bond donors (Lipinski definition) is 3.